The van der Waals surface area contributed by atoms with E-state index in [1.54, 1.807) is 25.3 Å². The van der Waals surface area contributed by atoms with Crippen LogP contribution in [-0.4, -0.2) is 13.0 Å². The zero-order chi connectivity index (χ0) is 17.8. The van der Waals surface area contributed by atoms with Gasteiger partial charge in [0.1, 0.15) is 5.76 Å². The predicted octanol–water partition coefficient (Wildman–Crippen LogP) is 5.31. The minimum absolute atomic E-state index is 0.216. The SMILES string of the molecule is CCc1ccccc1NC(=O)C=Cc1cc2cc(Cl)cc(OC)c2o1. The number of fused-ring (bicyclic) bond motifs is 1. The first-order chi connectivity index (χ1) is 12.1. The van der Waals surface area contributed by atoms with Gasteiger partial charge < -0.3 is 14.5 Å². The molecule has 0 saturated carbocycles. The second-order valence-electron chi connectivity index (χ2n) is 5.51. The van der Waals surface area contributed by atoms with E-state index in [1.165, 1.54) is 6.08 Å². The summed E-state index contributed by atoms with van der Waals surface area (Å²) in [5.74, 6) is 0.893. The van der Waals surface area contributed by atoms with Crippen LogP contribution in [0.25, 0.3) is 17.0 Å². The van der Waals surface area contributed by atoms with Crippen molar-refractivity contribution in [2.24, 2.45) is 0 Å². The molecule has 0 spiro atoms. The number of aryl methyl sites for hydroxylation is 1. The highest BCUT2D eigenvalue weighted by atomic mass is 35.5. The van der Waals surface area contributed by atoms with E-state index in [0.29, 0.717) is 22.1 Å². The van der Waals surface area contributed by atoms with Crippen LogP contribution in [0, 0.1) is 0 Å². The molecule has 0 aliphatic heterocycles. The minimum Gasteiger partial charge on any atom is -0.493 e. The summed E-state index contributed by atoms with van der Waals surface area (Å²) in [6, 6.07) is 13.0. The number of amides is 1. The summed E-state index contributed by atoms with van der Waals surface area (Å²) in [5.41, 5.74) is 2.51. The van der Waals surface area contributed by atoms with Gasteiger partial charge in [-0.1, -0.05) is 36.7 Å². The lowest BCUT2D eigenvalue weighted by atomic mass is 10.1. The number of hydrogen-bond donors (Lipinski definition) is 1. The normalized spacial score (nSPS) is 11.2. The molecule has 128 valence electrons. The molecule has 0 radical (unpaired) electrons. The van der Waals surface area contributed by atoms with Crippen LogP contribution in [0.4, 0.5) is 5.69 Å². The number of para-hydroxylation sites is 1. The van der Waals surface area contributed by atoms with Gasteiger partial charge in [-0.25, -0.2) is 0 Å². The molecule has 4 nitrogen and oxygen atoms in total. The number of ether oxygens (including phenoxy) is 1. The monoisotopic (exact) mass is 355 g/mol. The molecule has 0 aliphatic carbocycles. The number of carbonyl (C=O) groups excluding carboxylic acids is 1. The molecule has 0 saturated heterocycles. The van der Waals surface area contributed by atoms with E-state index in [0.717, 1.165) is 23.1 Å². The fraction of sp³-hybridized carbons (Fsp3) is 0.150. The van der Waals surface area contributed by atoms with Crippen molar-refractivity contribution in [3.05, 3.63) is 64.9 Å². The van der Waals surface area contributed by atoms with Gasteiger partial charge in [0.15, 0.2) is 11.3 Å². The van der Waals surface area contributed by atoms with Crippen LogP contribution in [0.3, 0.4) is 0 Å². The molecule has 3 aromatic rings. The number of carbonyl (C=O) groups is 1. The first-order valence-electron chi connectivity index (χ1n) is 7.94. The molecular weight excluding hydrogens is 338 g/mol. The second kappa shape index (κ2) is 7.45. The molecule has 2 aromatic carbocycles. The summed E-state index contributed by atoms with van der Waals surface area (Å²) in [4.78, 5) is 12.2. The Morgan fingerprint density at radius 3 is 2.84 bits per heavy atom. The van der Waals surface area contributed by atoms with Gasteiger partial charge >= 0.3 is 0 Å². The molecule has 1 aromatic heterocycles. The number of anilines is 1. The average Bonchev–Trinajstić information content (AvgIpc) is 3.02. The number of hydrogen-bond acceptors (Lipinski definition) is 3. The molecule has 5 heteroatoms. The van der Waals surface area contributed by atoms with E-state index in [4.69, 9.17) is 20.8 Å². The molecule has 0 unspecified atom stereocenters. The van der Waals surface area contributed by atoms with Crippen LogP contribution in [0.15, 0.2) is 53.0 Å². The summed E-state index contributed by atoms with van der Waals surface area (Å²) in [5, 5.41) is 4.27. The van der Waals surface area contributed by atoms with Crippen LogP contribution in [-0.2, 0) is 11.2 Å². The third-order valence-electron chi connectivity index (χ3n) is 3.84. The first-order valence-corrected chi connectivity index (χ1v) is 8.32. The maximum absolute atomic E-state index is 12.2. The van der Waals surface area contributed by atoms with Gasteiger partial charge in [-0.05, 0) is 36.3 Å². The molecule has 0 aliphatic rings. The van der Waals surface area contributed by atoms with E-state index in [1.807, 2.05) is 37.3 Å². The third-order valence-corrected chi connectivity index (χ3v) is 4.06. The van der Waals surface area contributed by atoms with Crippen molar-refractivity contribution < 1.29 is 13.9 Å². The first kappa shape index (κ1) is 17.1. The van der Waals surface area contributed by atoms with Crippen molar-refractivity contribution in [3.8, 4) is 5.75 Å². The molecule has 1 N–H and O–H groups in total. The Hall–Kier alpha value is -2.72. The van der Waals surface area contributed by atoms with Gasteiger partial charge in [-0.15, -0.1) is 0 Å². The van der Waals surface area contributed by atoms with Crippen molar-refractivity contribution >= 4 is 40.2 Å². The zero-order valence-corrected chi connectivity index (χ0v) is 14.8. The highest BCUT2D eigenvalue weighted by molar-refractivity contribution is 6.31. The van der Waals surface area contributed by atoms with E-state index in [2.05, 4.69) is 5.32 Å². The predicted molar refractivity (Wildman–Crippen MR) is 101 cm³/mol. The lowest BCUT2D eigenvalue weighted by molar-refractivity contribution is -0.111. The average molecular weight is 356 g/mol. The second-order valence-corrected chi connectivity index (χ2v) is 5.94. The molecule has 1 amide bonds. The maximum Gasteiger partial charge on any atom is 0.248 e. The Kier molecular flexibility index (Phi) is 5.10. The topological polar surface area (TPSA) is 51.5 Å². The van der Waals surface area contributed by atoms with Crippen LogP contribution < -0.4 is 10.1 Å². The Labute approximate surface area is 151 Å². The van der Waals surface area contributed by atoms with Crippen LogP contribution in [0.2, 0.25) is 5.02 Å². The van der Waals surface area contributed by atoms with E-state index >= 15 is 0 Å². The van der Waals surface area contributed by atoms with Crippen LogP contribution >= 0.6 is 11.6 Å². The highest BCUT2D eigenvalue weighted by Crippen LogP contribution is 2.32. The van der Waals surface area contributed by atoms with Crippen LogP contribution in [0.1, 0.15) is 18.2 Å². The molecule has 0 fully saturated rings. The van der Waals surface area contributed by atoms with Gasteiger partial charge in [0, 0.05) is 28.2 Å². The summed E-state index contributed by atoms with van der Waals surface area (Å²) in [6.07, 6.45) is 3.92. The van der Waals surface area contributed by atoms with E-state index < -0.39 is 0 Å². The van der Waals surface area contributed by atoms with Gasteiger partial charge in [0.05, 0.1) is 7.11 Å². The third kappa shape index (κ3) is 3.86. The number of methoxy groups -OCH3 is 1. The van der Waals surface area contributed by atoms with Crippen molar-refractivity contribution in [3.63, 3.8) is 0 Å². The van der Waals surface area contributed by atoms with E-state index in [9.17, 15) is 4.79 Å². The van der Waals surface area contributed by atoms with Gasteiger partial charge in [0.2, 0.25) is 5.91 Å². The van der Waals surface area contributed by atoms with Gasteiger partial charge in [-0.2, -0.15) is 0 Å². The number of rotatable bonds is 5. The lowest BCUT2D eigenvalue weighted by Crippen LogP contribution is -2.09. The number of benzene rings is 2. The van der Waals surface area contributed by atoms with Crippen molar-refractivity contribution in [2.75, 3.05) is 12.4 Å². The highest BCUT2D eigenvalue weighted by Gasteiger charge is 2.10. The molecule has 0 atom stereocenters. The van der Waals surface area contributed by atoms with E-state index in [-0.39, 0.29) is 5.91 Å². The Bertz CT molecular complexity index is 943. The smallest absolute Gasteiger partial charge is 0.248 e. The lowest BCUT2D eigenvalue weighted by Gasteiger charge is -2.07. The van der Waals surface area contributed by atoms with Gasteiger partial charge in [-0.3, -0.25) is 4.79 Å². The zero-order valence-electron chi connectivity index (χ0n) is 14.0. The standard InChI is InChI=1S/C20H18ClNO3/c1-3-13-6-4-5-7-17(13)22-19(23)9-8-16-11-14-10-15(21)12-18(24-2)20(14)25-16/h4-12H,3H2,1-2H3,(H,22,23). The van der Waals surface area contributed by atoms with Crippen molar-refractivity contribution in [1.29, 1.82) is 0 Å². The molecule has 0 bridgehead atoms. The molecule has 25 heavy (non-hydrogen) atoms. The Balaban J connectivity index is 1.79. The molecule has 3 rings (SSSR count). The fourth-order valence-electron chi connectivity index (χ4n) is 2.62. The number of furan rings is 1. The fourth-order valence-corrected chi connectivity index (χ4v) is 2.84. The maximum atomic E-state index is 12.2. The summed E-state index contributed by atoms with van der Waals surface area (Å²) >= 11 is 6.05. The minimum atomic E-state index is -0.216. The summed E-state index contributed by atoms with van der Waals surface area (Å²) < 4.78 is 11.0. The molecule has 1 heterocycles. The quantitative estimate of drug-likeness (QED) is 0.631. The van der Waals surface area contributed by atoms with Crippen molar-refractivity contribution in [1.82, 2.24) is 0 Å². The Morgan fingerprint density at radius 1 is 1.28 bits per heavy atom. The number of halogens is 1. The van der Waals surface area contributed by atoms with Crippen molar-refractivity contribution in [2.45, 2.75) is 13.3 Å². The van der Waals surface area contributed by atoms with Gasteiger partial charge in [0.25, 0.3) is 0 Å². The summed E-state index contributed by atoms with van der Waals surface area (Å²) in [7, 11) is 1.56. The number of nitrogens with one attached hydrogen (secondary N) is 1. The molecular formula is C20H18ClNO3. The summed E-state index contributed by atoms with van der Waals surface area (Å²) in [6.45, 7) is 2.05. The largest absolute Gasteiger partial charge is 0.493 e. The Morgan fingerprint density at radius 2 is 2.08 bits per heavy atom. The van der Waals surface area contributed by atoms with Crippen LogP contribution in [0.5, 0.6) is 5.75 Å².